The molecule has 6 nitrogen and oxygen atoms in total. The molecule has 2 aromatic rings. The third-order valence-corrected chi connectivity index (χ3v) is 3.40. The summed E-state index contributed by atoms with van der Waals surface area (Å²) in [5.41, 5.74) is 0.779. The molecule has 3 rings (SSSR count). The first kappa shape index (κ1) is 13.4. The van der Waals surface area contributed by atoms with E-state index in [0.717, 1.165) is 11.3 Å². The summed E-state index contributed by atoms with van der Waals surface area (Å²) < 4.78 is 11.4. The fourth-order valence-electron chi connectivity index (χ4n) is 2.37. The molecule has 0 spiro atoms. The Labute approximate surface area is 121 Å². The topological polar surface area (TPSA) is 74.5 Å². The number of benzene rings is 1. The molecule has 0 atom stereocenters. The molecule has 2 heterocycles. The minimum Gasteiger partial charge on any atom is -0.492 e. The normalized spacial score (nSPS) is 15.1. The summed E-state index contributed by atoms with van der Waals surface area (Å²) in [6.45, 7) is 4.75. The number of hydrogen-bond donors (Lipinski definition) is 0. The van der Waals surface area contributed by atoms with Gasteiger partial charge in [0.2, 0.25) is 5.88 Å². The first-order chi connectivity index (χ1) is 9.97. The molecule has 1 aromatic heterocycles. The smallest absolute Gasteiger partial charge is 0.287 e. The van der Waals surface area contributed by atoms with Gasteiger partial charge in [0.25, 0.3) is 5.69 Å². The van der Waals surface area contributed by atoms with Crippen LogP contribution in [-0.2, 0) is 5.41 Å². The summed E-state index contributed by atoms with van der Waals surface area (Å²) in [6.07, 6.45) is 1.18. The molecule has 0 aliphatic carbocycles. The molecule has 0 amide bonds. The molecule has 1 aliphatic heterocycles. The Bertz CT molecular complexity index is 695. The zero-order valence-electron chi connectivity index (χ0n) is 11.7. The third-order valence-electron chi connectivity index (χ3n) is 3.40. The van der Waals surface area contributed by atoms with Crippen molar-refractivity contribution in [2.24, 2.45) is 0 Å². The Morgan fingerprint density at radius 2 is 2.14 bits per heavy atom. The quantitative estimate of drug-likeness (QED) is 0.638. The van der Waals surface area contributed by atoms with Crippen molar-refractivity contribution < 1.29 is 14.4 Å². The molecule has 6 heteroatoms. The number of nitrogens with zero attached hydrogens (tertiary/aromatic N) is 2. The first-order valence-electron chi connectivity index (χ1n) is 6.52. The van der Waals surface area contributed by atoms with Crippen LogP contribution in [0.5, 0.6) is 17.4 Å². The van der Waals surface area contributed by atoms with Gasteiger partial charge in [0.05, 0.1) is 11.5 Å². The van der Waals surface area contributed by atoms with Gasteiger partial charge in [-0.2, -0.15) is 0 Å². The fraction of sp³-hybridized carbons (Fsp3) is 0.267. The van der Waals surface area contributed by atoms with Crippen molar-refractivity contribution in [2.45, 2.75) is 19.3 Å². The second-order valence-electron chi connectivity index (χ2n) is 5.52. The number of rotatable bonds is 3. The molecule has 0 N–H and O–H groups in total. The average molecular weight is 286 g/mol. The number of hydrogen-bond acceptors (Lipinski definition) is 5. The number of fused-ring (bicyclic) bond motifs is 1. The van der Waals surface area contributed by atoms with Crippen molar-refractivity contribution in [1.29, 1.82) is 0 Å². The van der Waals surface area contributed by atoms with Crippen molar-refractivity contribution in [3.63, 3.8) is 0 Å². The van der Waals surface area contributed by atoms with Crippen molar-refractivity contribution >= 4 is 5.69 Å². The van der Waals surface area contributed by atoms with Crippen LogP contribution in [0.3, 0.4) is 0 Å². The highest BCUT2D eigenvalue weighted by Crippen LogP contribution is 2.45. The van der Waals surface area contributed by atoms with Gasteiger partial charge >= 0.3 is 0 Å². The maximum Gasteiger partial charge on any atom is 0.287 e. The molecule has 0 fully saturated rings. The van der Waals surface area contributed by atoms with E-state index in [-0.39, 0.29) is 11.1 Å². The number of aromatic nitrogens is 1. The third kappa shape index (κ3) is 2.40. The Morgan fingerprint density at radius 1 is 1.33 bits per heavy atom. The van der Waals surface area contributed by atoms with Crippen LogP contribution in [0.1, 0.15) is 19.4 Å². The minimum absolute atomic E-state index is 0.0655. The Kier molecular flexibility index (Phi) is 3.01. The van der Waals surface area contributed by atoms with Gasteiger partial charge in [0.1, 0.15) is 17.7 Å². The molecule has 108 valence electrons. The molecular formula is C15H14N2O4. The fourth-order valence-corrected chi connectivity index (χ4v) is 2.37. The molecule has 1 aromatic carbocycles. The van der Waals surface area contributed by atoms with Crippen LogP contribution in [0.2, 0.25) is 0 Å². The lowest BCUT2D eigenvalue weighted by atomic mass is 9.86. The average Bonchev–Trinajstić information content (AvgIpc) is 2.76. The zero-order valence-corrected chi connectivity index (χ0v) is 11.7. The van der Waals surface area contributed by atoms with E-state index >= 15 is 0 Å². The molecule has 1 aliphatic rings. The monoisotopic (exact) mass is 286 g/mol. The summed E-state index contributed by atoms with van der Waals surface area (Å²) in [5.74, 6) is 1.78. The van der Waals surface area contributed by atoms with Gasteiger partial charge in [0, 0.05) is 23.1 Å². The summed E-state index contributed by atoms with van der Waals surface area (Å²) in [7, 11) is 0. The lowest BCUT2D eigenvalue weighted by molar-refractivity contribution is -0.385. The van der Waals surface area contributed by atoms with Crippen molar-refractivity contribution in [3.05, 3.63) is 52.2 Å². The highest BCUT2D eigenvalue weighted by molar-refractivity contribution is 5.53. The van der Waals surface area contributed by atoms with Crippen molar-refractivity contribution in [1.82, 2.24) is 4.98 Å². The molecule has 0 radical (unpaired) electrons. The van der Waals surface area contributed by atoms with Crippen LogP contribution in [-0.4, -0.2) is 16.5 Å². The van der Waals surface area contributed by atoms with Gasteiger partial charge in [-0.05, 0) is 12.1 Å². The van der Waals surface area contributed by atoms with E-state index in [0.29, 0.717) is 18.2 Å². The van der Waals surface area contributed by atoms with E-state index in [2.05, 4.69) is 18.8 Å². The SMILES string of the molecule is CC1(C)COc2cccc(Oc3ccc([N+](=O)[O-])cn3)c21. The second kappa shape index (κ2) is 4.73. The van der Waals surface area contributed by atoms with Crippen LogP contribution in [0.15, 0.2) is 36.5 Å². The molecule has 0 saturated heterocycles. The molecule has 0 unspecified atom stereocenters. The first-order valence-corrected chi connectivity index (χ1v) is 6.52. The maximum absolute atomic E-state index is 10.6. The predicted octanol–water partition coefficient (Wildman–Crippen LogP) is 3.45. The van der Waals surface area contributed by atoms with E-state index in [9.17, 15) is 10.1 Å². The Hall–Kier alpha value is -2.63. The van der Waals surface area contributed by atoms with Crippen LogP contribution < -0.4 is 9.47 Å². The standard InChI is InChI=1S/C15H14N2O4/c1-15(2)9-20-11-4-3-5-12(14(11)15)21-13-7-6-10(8-16-13)17(18)19/h3-8H,9H2,1-2H3. The maximum atomic E-state index is 10.6. The molecule has 0 saturated carbocycles. The lowest BCUT2D eigenvalue weighted by Crippen LogP contribution is -2.19. The summed E-state index contributed by atoms with van der Waals surface area (Å²) in [4.78, 5) is 14.1. The summed E-state index contributed by atoms with van der Waals surface area (Å²) in [5, 5.41) is 10.6. The van der Waals surface area contributed by atoms with E-state index in [1.165, 1.54) is 18.3 Å². The van der Waals surface area contributed by atoms with Gasteiger partial charge in [-0.1, -0.05) is 19.9 Å². The number of pyridine rings is 1. The largest absolute Gasteiger partial charge is 0.492 e. The second-order valence-corrected chi connectivity index (χ2v) is 5.52. The van der Waals surface area contributed by atoms with Gasteiger partial charge in [-0.25, -0.2) is 4.98 Å². The zero-order chi connectivity index (χ0) is 15.0. The molecule has 0 bridgehead atoms. The molecular weight excluding hydrogens is 272 g/mol. The number of ether oxygens (including phenoxy) is 2. The van der Waals surface area contributed by atoms with Gasteiger partial charge in [-0.15, -0.1) is 0 Å². The Morgan fingerprint density at radius 3 is 2.81 bits per heavy atom. The van der Waals surface area contributed by atoms with Crippen molar-refractivity contribution in [3.8, 4) is 17.4 Å². The number of nitro groups is 1. The summed E-state index contributed by atoms with van der Waals surface area (Å²) in [6, 6.07) is 8.45. The van der Waals surface area contributed by atoms with Gasteiger partial charge < -0.3 is 9.47 Å². The summed E-state index contributed by atoms with van der Waals surface area (Å²) >= 11 is 0. The van der Waals surface area contributed by atoms with Gasteiger partial charge in [-0.3, -0.25) is 10.1 Å². The van der Waals surface area contributed by atoms with E-state index < -0.39 is 4.92 Å². The van der Waals surface area contributed by atoms with Crippen LogP contribution >= 0.6 is 0 Å². The van der Waals surface area contributed by atoms with Gasteiger partial charge in [0.15, 0.2) is 0 Å². The Balaban J connectivity index is 1.93. The highest BCUT2D eigenvalue weighted by atomic mass is 16.6. The van der Waals surface area contributed by atoms with Crippen LogP contribution in [0, 0.1) is 10.1 Å². The van der Waals surface area contributed by atoms with Crippen molar-refractivity contribution in [2.75, 3.05) is 6.61 Å². The highest BCUT2D eigenvalue weighted by Gasteiger charge is 2.35. The minimum atomic E-state index is -0.492. The van der Waals surface area contributed by atoms with E-state index in [1.54, 1.807) is 0 Å². The molecule has 21 heavy (non-hydrogen) atoms. The van der Waals surface area contributed by atoms with Crippen LogP contribution in [0.25, 0.3) is 0 Å². The van der Waals surface area contributed by atoms with Crippen LogP contribution in [0.4, 0.5) is 5.69 Å². The predicted molar refractivity (Wildman–Crippen MR) is 75.9 cm³/mol. The lowest BCUT2D eigenvalue weighted by Gasteiger charge is -2.18. The van der Waals surface area contributed by atoms with E-state index in [1.807, 2.05) is 18.2 Å². The van der Waals surface area contributed by atoms with E-state index in [4.69, 9.17) is 9.47 Å².